The molecule has 3 aromatic rings. The number of carboxylic acids is 1. The maximum absolute atomic E-state index is 13.0. The number of hydrogen-bond donors (Lipinski definition) is 2. The molecule has 0 fully saturated rings. The minimum absolute atomic E-state index is 0.195. The van der Waals surface area contributed by atoms with Crippen LogP contribution in [-0.2, 0) is 11.3 Å². The highest BCUT2D eigenvalue weighted by molar-refractivity contribution is 6.04. The summed E-state index contributed by atoms with van der Waals surface area (Å²) in [6.45, 7) is 3.90. The van der Waals surface area contributed by atoms with Gasteiger partial charge in [-0.1, -0.05) is 38.1 Å². The van der Waals surface area contributed by atoms with Gasteiger partial charge in [-0.3, -0.25) is 14.6 Å². The largest absolute Gasteiger partial charge is 0.480 e. The van der Waals surface area contributed by atoms with Gasteiger partial charge in [0.2, 0.25) is 0 Å². The van der Waals surface area contributed by atoms with Crippen LogP contribution in [0, 0.1) is 5.92 Å². The standard InChI is InChI=1S/C25H23N3O4/c1-15(2)22(25(31)32)28-14-19-6-5-17(12-21(19)24(28)30)16-7-9-20(10-8-16)27-23(29)18-4-3-11-26-13-18/h3-13,15,22H,14H2,1-2H3,(H,27,29)(H,31,32)/t22-/m0/s1. The lowest BCUT2D eigenvalue weighted by molar-refractivity contribution is -0.144. The third kappa shape index (κ3) is 4.09. The molecule has 2 heterocycles. The third-order valence-corrected chi connectivity index (χ3v) is 5.56. The van der Waals surface area contributed by atoms with E-state index in [1.807, 2.05) is 24.3 Å². The maximum atomic E-state index is 13.0. The van der Waals surface area contributed by atoms with Crippen molar-refractivity contribution < 1.29 is 19.5 Å². The average molecular weight is 429 g/mol. The quantitative estimate of drug-likeness (QED) is 0.615. The number of nitrogens with one attached hydrogen (secondary N) is 1. The lowest BCUT2D eigenvalue weighted by atomic mass is 10.00. The Balaban J connectivity index is 1.53. The van der Waals surface area contributed by atoms with Crippen LogP contribution >= 0.6 is 0 Å². The molecule has 0 saturated heterocycles. The lowest BCUT2D eigenvalue weighted by Gasteiger charge is -2.27. The van der Waals surface area contributed by atoms with E-state index in [-0.39, 0.29) is 17.7 Å². The molecule has 1 aromatic heterocycles. The highest BCUT2D eigenvalue weighted by Gasteiger charge is 2.38. The van der Waals surface area contributed by atoms with Crippen molar-refractivity contribution in [3.05, 3.63) is 83.7 Å². The molecule has 162 valence electrons. The molecule has 0 saturated carbocycles. The van der Waals surface area contributed by atoms with E-state index in [4.69, 9.17) is 0 Å². The zero-order chi connectivity index (χ0) is 22.8. The van der Waals surface area contributed by atoms with Gasteiger partial charge in [-0.2, -0.15) is 0 Å². The van der Waals surface area contributed by atoms with Crippen LogP contribution in [0.5, 0.6) is 0 Å². The summed E-state index contributed by atoms with van der Waals surface area (Å²) in [4.78, 5) is 42.3. The lowest BCUT2D eigenvalue weighted by Crippen LogP contribution is -2.44. The first-order valence-corrected chi connectivity index (χ1v) is 10.3. The summed E-state index contributed by atoms with van der Waals surface area (Å²) in [6, 6.07) is 15.5. The molecule has 7 heteroatoms. The Hall–Kier alpha value is -4.00. The van der Waals surface area contributed by atoms with E-state index in [0.717, 1.165) is 16.7 Å². The Morgan fingerprint density at radius 1 is 1.06 bits per heavy atom. The number of rotatable bonds is 6. The number of anilines is 1. The molecule has 0 spiro atoms. The second kappa shape index (κ2) is 8.63. The summed E-state index contributed by atoms with van der Waals surface area (Å²) in [7, 11) is 0. The van der Waals surface area contributed by atoms with E-state index in [9.17, 15) is 19.5 Å². The molecule has 2 aromatic carbocycles. The van der Waals surface area contributed by atoms with Crippen molar-refractivity contribution in [2.75, 3.05) is 5.32 Å². The number of benzene rings is 2. The molecule has 1 aliphatic rings. The number of carbonyl (C=O) groups is 3. The molecule has 2 amide bonds. The molecule has 0 radical (unpaired) electrons. The van der Waals surface area contributed by atoms with E-state index in [2.05, 4.69) is 10.3 Å². The summed E-state index contributed by atoms with van der Waals surface area (Å²) in [5.41, 5.74) is 4.21. The fourth-order valence-electron chi connectivity index (χ4n) is 3.95. The molecular weight excluding hydrogens is 406 g/mol. The van der Waals surface area contributed by atoms with Gasteiger partial charge in [0.15, 0.2) is 0 Å². The van der Waals surface area contributed by atoms with Crippen LogP contribution in [0.1, 0.15) is 40.1 Å². The number of amides is 2. The van der Waals surface area contributed by atoms with Crippen LogP contribution in [0.4, 0.5) is 5.69 Å². The number of hydrogen-bond acceptors (Lipinski definition) is 4. The van der Waals surface area contributed by atoms with Crippen LogP contribution in [0.2, 0.25) is 0 Å². The number of aromatic nitrogens is 1. The molecule has 1 aliphatic heterocycles. The monoisotopic (exact) mass is 429 g/mol. The van der Waals surface area contributed by atoms with Crippen molar-refractivity contribution in [2.45, 2.75) is 26.4 Å². The Morgan fingerprint density at radius 2 is 1.78 bits per heavy atom. The zero-order valence-electron chi connectivity index (χ0n) is 17.8. The molecule has 0 bridgehead atoms. The first-order chi connectivity index (χ1) is 15.3. The number of aliphatic carboxylic acids is 1. The fourth-order valence-corrected chi connectivity index (χ4v) is 3.95. The molecule has 4 rings (SSSR count). The second-order valence-corrected chi connectivity index (χ2v) is 8.11. The van der Waals surface area contributed by atoms with Crippen LogP contribution < -0.4 is 5.32 Å². The van der Waals surface area contributed by atoms with Gasteiger partial charge in [0.1, 0.15) is 6.04 Å². The van der Waals surface area contributed by atoms with Gasteiger partial charge >= 0.3 is 5.97 Å². The van der Waals surface area contributed by atoms with Crippen molar-refractivity contribution in [3.63, 3.8) is 0 Å². The van der Waals surface area contributed by atoms with Crippen LogP contribution in [0.25, 0.3) is 11.1 Å². The molecule has 0 aliphatic carbocycles. The number of fused-ring (bicyclic) bond motifs is 1. The van der Waals surface area contributed by atoms with Gasteiger partial charge in [0.25, 0.3) is 11.8 Å². The molecule has 1 atom stereocenters. The Bertz CT molecular complexity index is 1170. The first-order valence-electron chi connectivity index (χ1n) is 10.3. The summed E-state index contributed by atoms with van der Waals surface area (Å²) in [5.74, 6) is -1.69. The fraction of sp³-hybridized carbons (Fsp3) is 0.200. The highest BCUT2D eigenvalue weighted by Crippen LogP contribution is 2.31. The Morgan fingerprint density at radius 3 is 2.41 bits per heavy atom. The van der Waals surface area contributed by atoms with Crippen LogP contribution in [0.15, 0.2) is 67.0 Å². The highest BCUT2D eigenvalue weighted by atomic mass is 16.4. The maximum Gasteiger partial charge on any atom is 0.326 e. The Kier molecular flexibility index (Phi) is 5.73. The zero-order valence-corrected chi connectivity index (χ0v) is 17.8. The van der Waals surface area contributed by atoms with E-state index in [1.165, 1.54) is 11.1 Å². The van der Waals surface area contributed by atoms with E-state index < -0.39 is 12.0 Å². The van der Waals surface area contributed by atoms with Gasteiger partial charge in [0, 0.05) is 30.2 Å². The summed E-state index contributed by atoms with van der Waals surface area (Å²) < 4.78 is 0. The smallest absolute Gasteiger partial charge is 0.326 e. The minimum atomic E-state index is -0.995. The minimum Gasteiger partial charge on any atom is -0.480 e. The van der Waals surface area contributed by atoms with Crippen molar-refractivity contribution in [3.8, 4) is 11.1 Å². The van der Waals surface area contributed by atoms with Crippen molar-refractivity contribution in [1.82, 2.24) is 9.88 Å². The normalized spacial score (nSPS) is 13.7. The summed E-state index contributed by atoms with van der Waals surface area (Å²) in [6.07, 6.45) is 3.11. The van der Waals surface area contributed by atoms with Crippen molar-refractivity contribution >= 4 is 23.5 Å². The predicted molar refractivity (Wildman–Crippen MR) is 120 cm³/mol. The SMILES string of the molecule is CC(C)[C@@H](C(=O)O)N1Cc2ccc(-c3ccc(NC(=O)c4cccnc4)cc3)cc2C1=O. The van der Waals surface area contributed by atoms with Gasteiger partial charge in [0.05, 0.1) is 5.56 Å². The predicted octanol–water partition coefficient (Wildman–Crippen LogP) is 4.07. The van der Waals surface area contributed by atoms with Crippen LogP contribution in [-0.4, -0.2) is 38.8 Å². The molecule has 32 heavy (non-hydrogen) atoms. The topological polar surface area (TPSA) is 99.6 Å². The van der Waals surface area contributed by atoms with Crippen molar-refractivity contribution in [2.24, 2.45) is 5.92 Å². The number of pyridine rings is 1. The first kappa shape index (κ1) is 21.2. The average Bonchev–Trinajstić information content (AvgIpc) is 3.10. The number of carboxylic acid groups (broad SMARTS) is 1. The van der Waals surface area contributed by atoms with Gasteiger partial charge in [-0.05, 0) is 52.9 Å². The van der Waals surface area contributed by atoms with Gasteiger partial charge in [-0.15, -0.1) is 0 Å². The molecule has 0 unspecified atom stereocenters. The van der Waals surface area contributed by atoms with E-state index in [1.54, 1.807) is 50.4 Å². The molecular formula is C25H23N3O4. The van der Waals surface area contributed by atoms with Gasteiger partial charge < -0.3 is 15.3 Å². The third-order valence-electron chi connectivity index (χ3n) is 5.56. The summed E-state index contributed by atoms with van der Waals surface area (Å²) in [5, 5.41) is 12.4. The Labute approximate surface area is 185 Å². The number of carbonyl (C=O) groups excluding carboxylic acids is 2. The molecule has 7 nitrogen and oxygen atoms in total. The molecule has 2 N–H and O–H groups in total. The number of nitrogens with zero attached hydrogens (tertiary/aromatic N) is 2. The second-order valence-electron chi connectivity index (χ2n) is 8.11. The van der Waals surface area contributed by atoms with Crippen LogP contribution in [0.3, 0.4) is 0 Å². The van der Waals surface area contributed by atoms with E-state index in [0.29, 0.717) is 23.4 Å². The van der Waals surface area contributed by atoms with Gasteiger partial charge in [-0.25, -0.2) is 4.79 Å². The van der Waals surface area contributed by atoms with Crippen molar-refractivity contribution in [1.29, 1.82) is 0 Å². The van der Waals surface area contributed by atoms with E-state index >= 15 is 0 Å². The summed E-state index contributed by atoms with van der Waals surface area (Å²) >= 11 is 0.